The Hall–Kier alpha value is -1.48. The summed E-state index contributed by atoms with van der Waals surface area (Å²) < 4.78 is 5.51. The average molecular weight is 216 g/mol. The summed E-state index contributed by atoms with van der Waals surface area (Å²) in [5.74, 6) is 10.9. The lowest BCUT2D eigenvalue weighted by Crippen LogP contribution is -2.15. The summed E-state index contributed by atoms with van der Waals surface area (Å²) in [6, 6.07) is 0. The van der Waals surface area contributed by atoms with Crippen molar-refractivity contribution in [3.63, 3.8) is 0 Å². The Labute approximate surface area is 97.0 Å². The van der Waals surface area contributed by atoms with Crippen molar-refractivity contribution in [2.24, 2.45) is 0 Å². The topological polar surface area (TPSA) is 29.5 Å². The largest absolute Gasteiger partial charge is 0.392 e. The van der Waals surface area contributed by atoms with Gasteiger partial charge < -0.3 is 9.84 Å². The summed E-state index contributed by atoms with van der Waals surface area (Å²) in [7, 11) is 0. The highest BCUT2D eigenvalue weighted by atomic mass is 16.5. The van der Waals surface area contributed by atoms with Crippen LogP contribution in [0.1, 0.15) is 19.3 Å². The summed E-state index contributed by atoms with van der Waals surface area (Å²) in [5.41, 5.74) is 0. The van der Waals surface area contributed by atoms with E-state index in [1.54, 1.807) is 18.2 Å². The van der Waals surface area contributed by atoms with E-state index in [1.807, 2.05) is 6.08 Å². The zero-order chi connectivity index (χ0) is 11.5. The molecule has 0 aromatic rings. The molecule has 84 valence electrons. The lowest BCUT2D eigenvalue weighted by Gasteiger charge is -2.18. The minimum atomic E-state index is 0.0149. The van der Waals surface area contributed by atoms with Crippen LogP contribution in [-0.2, 0) is 4.74 Å². The van der Waals surface area contributed by atoms with Crippen molar-refractivity contribution in [2.45, 2.75) is 25.4 Å². The van der Waals surface area contributed by atoms with Crippen LogP contribution in [0.2, 0.25) is 0 Å². The third-order valence-electron chi connectivity index (χ3n) is 2.12. The van der Waals surface area contributed by atoms with Crippen LogP contribution in [0.15, 0.2) is 24.3 Å². The molecule has 0 amide bonds. The molecule has 1 rings (SSSR count). The van der Waals surface area contributed by atoms with Gasteiger partial charge in [0.25, 0.3) is 0 Å². The molecule has 1 heterocycles. The van der Waals surface area contributed by atoms with Crippen LogP contribution in [0.25, 0.3) is 0 Å². The molecular formula is C14H16O2. The molecule has 1 aliphatic heterocycles. The zero-order valence-electron chi connectivity index (χ0n) is 9.28. The average Bonchev–Trinajstić information content (AvgIpc) is 2.34. The Morgan fingerprint density at radius 2 is 2.00 bits per heavy atom. The molecule has 1 unspecified atom stereocenters. The van der Waals surface area contributed by atoms with E-state index in [0.29, 0.717) is 0 Å². The van der Waals surface area contributed by atoms with E-state index in [-0.39, 0.29) is 12.7 Å². The molecule has 0 spiro atoms. The van der Waals surface area contributed by atoms with Crippen LogP contribution in [0.5, 0.6) is 0 Å². The molecule has 0 bridgehead atoms. The molecule has 1 fully saturated rings. The zero-order valence-corrected chi connectivity index (χ0v) is 9.28. The number of rotatable bonds is 2. The van der Waals surface area contributed by atoms with Gasteiger partial charge in [0.1, 0.15) is 0 Å². The van der Waals surface area contributed by atoms with Crippen LogP contribution >= 0.6 is 0 Å². The van der Waals surface area contributed by atoms with Crippen molar-refractivity contribution in [3.8, 4) is 23.7 Å². The maximum Gasteiger partial charge on any atom is 0.0764 e. The van der Waals surface area contributed by atoms with Gasteiger partial charge in [-0.2, -0.15) is 0 Å². The van der Waals surface area contributed by atoms with Crippen molar-refractivity contribution in [3.05, 3.63) is 24.3 Å². The maximum atomic E-state index is 8.44. The minimum Gasteiger partial charge on any atom is -0.392 e. The van der Waals surface area contributed by atoms with E-state index in [4.69, 9.17) is 9.84 Å². The van der Waals surface area contributed by atoms with E-state index in [9.17, 15) is 0 Å². The lowest BCUT2D eigenvalue weighted by molar-refractivity contribution is 0.0466. The van der Waals surface area contributed by atoms with Gasteiger partial charge in [0, 0.05) is 6.61 Å². The molecule has 0 aromatic heterocycles. The Bertz CT molecular complexity index is 352. The van der Waals surface area contributed by atoms with Crippen molar-refractivity contribution in [2.75, 3.05) is 13.2 Å². The fourth-order valence-corrected chi connectivity index (χ4v) is 1.34. The first-order valence-corrected chi connectivity index (χ1v) is 5.48. The molecule has 0 radical (unpaired) electrons. The van der Waals surface area contributed by atoms with Gasteiger partial charge in [0.15, 0.2) is 0 Å². The third kappa shape index (κ3) is 6.09. The number of allylic oxidation sites excluding steroid dienone is 2. The second-order valence-corrected chi connectivity index (χ2v) is 3.39. The molecule has 0 saturated carbocycles. The highest BCUT2D eigenvalue weighted by molar-refractivity contribution is 5.34. The Kier molecular flexibility index (Phi) is 6.92. The van der Waals surface area contributed by atoms with Crippen LogP contribution in [0.4, 0.5) is 0 Å². The van der Waals surface area contributed by atoms with Crippen LogP contribution in [-0.4, -0.2) is 24.4 Å². The summed E-state index contributed by atoms with van der Waals surface area (Å²) >= 11 is 0. The van der Waals surface area contributed by atoms with E-state index in [2.05, 4.69) is 23.7 Å². The number of hydrogen-bond donors (Lipinski definition) is 1. The van der Waals surface area contributed by atoms with Crippen molar-refractivity contribution < 1.29 is 9.84 Å². The maximum absolute atomic E-state index is 8.44. The fraction of sp³-hybridized carbons (Fsp3) is 0.429. The molecule has 2 heteroatoms. The van der Waals surface area contributed by atoms with Gasteiger partial charge in [0.2, 0.25) is 0 Å². The van der Waals surface area contributed by atoms with E-state index in [1.165, 1.54) is 12.8 Å². The predicted molar refractivity (Wildman–Crippen MR) is 64.5 cm³/mol. The molecular weight excluding hydrogens is 200 g/mol. The molecule has 2 nitrogen and oxygen atoms in total. The molecule has 1 atom stereocenters. The molecule has 1 saturated heterocycles. The van der Waals surface area contributed by atoms with E-state index >= 15 is 0 Å². The second kappa shape index (κ2) is 8.80. The fourth-order valence-electron chi connectivity index (χ4n) is 1.34. The van der Waals surface area contributed by atoms with Crippen LogP contribution in [0, 0.1) is 23.7 Å². The van der Waals surface area contributed by atoms with E-state index < -0.39 is 0 Å². The summed E-state index contributed by atoms with van der Waals surface area (Å²) in [6.07, 6.45) is 10.6. The summed E-state index contributed by atoms with van der Waals surface area (Å²) in [6.45, 7) is 0.870. The highest BCUT2D eigenvalue weighted by Crippen LogP contribution is 2.12. The van der Waals surface area contributed by atoms with E-state index in [0.717, 1.165) is 13.0 Å². The molecule has 1 aliphatic rings. The summed E-state index contributed by atoms with van der Waals surface area (Å²) in [5, 5.41) is 8.44. The first kappa shape index (κ1) is 12.6. The normalized spacial score (nSPS) is 20.2. The van der Waals surface area contributed by atoms with Gasteiger partial charge in [-0.25, -0.2) is 0 Å². The van der Waals surface area contributed by atoms with Crippen LogP contribution < -0.4 is 0 Å². The minimum absolute atomic E-state index is 0.0149. The molecule has 16 heavy (non-hydrogen) atoms. The Morgan fingerprint density at radius 1 is 1.19 bits per heavy atom. The van der Waals surface area contributed by atoms with Gasteiger partial charge in [0.05, 0.1) is 12.7 Å². The number of aliphatic hydroxyl groups excluding tert-OH is 1. The first-order valence-electron chi connectivity index (χ1n) is 5.48. The van der Waals surface area contributed by atoms with Gasteiger partial charge in [-0.05, 0) is 49.3 Å². The second-order valence-electron chi connectivity index (χ2n) is 3.39. The van der Waals surface area contributed by atoms with Gasteiger partial charge in [-0.3, -0.25) is 0 Å². The number of hydrogen-bond acceptors (Lipinski definition) is 2. The smallest absolute Gasteiger partial charge is 0.0764 e. The van der Waals surface area contributed by atoms with Gasteiger partial charge >= 0.3 is 0 Å². The molecule has 0 aliphatic carbocycles. The van der Waals surface area contributed by atoms with Crippen molar-refractivity contribution in [1.82, 2.24) is 0 Å². The lowest BCUT2D eigenvalue weighted by atomic mass is 10.1. The summed E-state index contributed by atoms with van der Waals surface area (Å²) in [4.78, 5) is 0. The quantitative estimate of drug-likeness (QED) is 0.711. The Morgan fingerprint density at radius 3 is 2.69 bits per heavy atom. The van der Waals surface area contributed by atoms with Crippen molar-refractivity contribution in [1.29, 1.82) is 0 Å². The van der Waals surface area contributed by atoms with Crippen molar-refractivity contribution >= 4 is 0 Å². The standard InChI is InChI=1S/C14H16O2/c15-12-8-5-3-1-2-4-6-10-14-11-7-9-13-16-14/h5-6,8,10,14-15H,7,9,11-13H2/b8-5+,10-6+. The predicted octanol–water partition coefficient (Wildman–Crippen LogP) is 1.67. The monoisotopic (exact) mass is 216 g/mol. The first-order chi connectivity index (χ1) is 7.93. The van der Waals surface area contributed by atoms with Crippen LogP contribution in [0.3, 0.4) is 0 Å². The number of ether oxygens (including phenoxy) is 1. The molecule has 1 N–H and O–H groups in total. The number of aliphatic hydroxyl groups is 1. The Balaban J connectivity index is 2.26. The van der Waals surface area contributed by atoms with Gasteiger partial charge in [-0.15, -0.1) is 0 Å². The van der Waals surface area contributed by atoms with Gasteiger partial charge in [-0.1, -0.05) is 17.9 Å². The third-order valence-corrected chi connectivity index (χ3v) is 2.12. The SMILES string of the molecule is OC/C=C/C#CC#C/C=C/C1CCCCO1. The highest BCUT2D eigenvalue weighted by Gasteiger charge is 2.08. The molecule has 0 aromatic carbocycles.